The number of carbonyl (C=O) groups is 1. The van der Waals surface area contributed by atoms with Gasteiger partial charge in [-0.1, -0.05) is 40.2 Å². The first kappa shape index (κ1) is 12.7. The van der Waals surface area contributed by atoms with E-state index in [1.807, 2.05) is 38.1 Å². The van der Waals surface area contributed by atoms with Crippen LogP contribution in [0.2, 0.25) is 0 Å². The topological polar surface area (TPSA) is 17.1 Å². The van der Waals surface area contributed by atoms with Gasteiger partial charge in [-0.25, -0.2) is 0 Å². The van der Waals surface area contributed by atoms with Crippen molar-refractivity contribution in [2.75, 3.05) is 5.88 Å². The van der Waals surface area contributed by atoms with E-state index in [9.17, 15) is 4.79 Å². The molecule has 0 atom stereocenters. The summed E-state index contributed by atoms with van der Waals surface area (Å²) in [4.78, 5) is 11.9. The molecule has 1 rings (SSSR count). The van der Waals surface area contributed by atoms with Crippen LogP contribution in [0.3, 0.4) is 0 Å². The Bertz CT molecular complexity index is 338. The van der Waals surface area contributed by atoms with Crippen molar-refractivity contribution in [1.29, 1.82) is 0 Å². The number of halogens is 2. The molecule has 0 amide bonds. The van der Waals surface area contributed by atoms with Gasteiger partial charge in [-0.3, -0.25) is 4.79 Å². The minimum atomic E-state index is -0.499. The fraction of sp³-hybridized carbons (Fsp3) is 0.417. The average Bonchev–Trinajstić information content (AvgIpc) is 2.17. The van der Waals surface area contributed by atoms with Crippen molar-refractivity contribution >= 4 is 33.3 Å². The van der Waals surface area contributed by atoms with E-state index in [0.29, 0.717) is 5.88 Å². The molecule has 0 saturated heterocycles. The third kappa shape index (κ3) is 3.62. The van der Waals surface area contributed by atoms with Crippen molar-refractivity contribution in [2.45, 2.75) is 24.6 Å². The number of benzene rings is 1. The SMILES string of the molecule is CC(C)(Br)C(=O)c1ccc(CCCl)cc1. The zero-order valence-electron chi connectivity index (χ0n) is 8.89. The van der Waals surface area contributed by atoms with Crippen molar-refractivity contribution < 1.29 is 4.79 Å². The molecule has 0 saturated carbocycles. The minimum Gasteiger partial charge on any atom is -0.293 e. The van der Waals surface area contributed by atoms with Crippen molar-refractivity contribution in [1.82, 2.24) is 0 Å². The van der Waals surface area contributed by atoms with E-state index in [1.54, 1.807) is 0 Å². The Morgan fingerprint density at radius 3 is 2.27 bits per heavy atom. The molecule has 0 aliphatic heterocycles. The van der Waals surface area contributed by atoms with E-state index in [2.05, 4.69) is 15.9 Å². The highest BCUT2D eigenvalue weighted by atomic mass is 79.9. The first-order valence-corrected chi connectivity index (χ1v) is 6.16. The van der Waals surface area contributed by atoms with Crippen LogP contribution < -0.4 is 0 Å². The molecule has 0 radical (unpaired) electrons. The van der Waals surface area contributed by atoms with E-state index in [4.69, 9.17) is 11.6 Å². The standard InChI is InChI=1S/C12H14BrClO/c1-12(2,13)11(15)10-5-3-9(4-6-10)7-8-14/h3-6H,7-8H2,1-2H3. The molecule has 0 N–H and O–H groups in total. The summed E-state index contributed by atoms with van der Waals surface area (Å²) < 4.78 is -0.499. The van der Waals surface area contributed by atoms with E-state index in [-0.39, 0.29) is 5.78 Å². The monoisotopic (exact) mass is 288 g/mol. The molecule has 1 nitrogen and oxygen atoms in total. The molecule has 0 aliphatic rings. The van der Waals surface area contributed by atoms with Crippen LogP contribution in [0.5, 0.6) is 0 Å². The normalized spacial score (nSPS) is 11.5. The van der Waals surface area contributed by atoms with Gasteiger partial charge in [0.05, 0.1) is 4.32 Å². The lowest BCUT2D eigenvalue weighted by Crippen LogP contribution is -2.23. The van der Waals surface area contributed by atoms with Crippen molar-refractivity contribution in [3.8, 4) is 0 Å². The maximum absolute atomic E-state index is 11.9. The highest BCUT2D eigenvalue weighted by Crippen LogP contribution is 2.22. The molecule has 0 aromatic heterocycles. The summed E-state index contributed by atoms with van der Waals surface area (Å²) in [5, 5.41) is 0. The fourth-order valence-electron chi connectivity index (χ4n) is 1.28. The molecule has 1 aromatic rings. The van der Waals surface area contributed by atoms with Gasteiger partial charge < -0.3 is 0 Å². The second-order valence-electron chi connectivity index (χ2n) is 3.94. The lowest BCUT2D eigenvalue weighted by molar-refractivity contribution is 0.0961. The smallest absolute Gasteiger partial charge is 0.178 e. The zero-order valence-corrected chi connectivity index (χ0v) is 11.2. The van der Waals surface area contributed by atoms with Gasteiger partial charge in [0, 0.05) is 11.4 Å². The third-order valence-corrected chi connectivity index (χ3v) is 2.69. The van der Waals surface area contributed by atoms with E-state index < -0.39 is 4.32 Å². The van der Waals surface area contributed by atoms with E-state index in [1.165, 1.54) is 0 Å². The van der Waals surface area contributed by atoms with Crippen LogP contribution in [-0.2, 0) is 6.42 Å². The summed E-state index contributed by atoms with van der Waals surface area (Å²) in [6.07, 6.45) is 0.841. The lowest BCUT2D eigenvalue weighted by atomic mass is 9.99. The van der Waals surface area contributed by atoms with Gasteiger partial charge >= 0.3 is 0 Å². The van der Waals surface area contributed by atoms with Gasteiger partial charge in [-0.2, -0.15) is 0 Å². The van der Waals surface area contributed by atoms with Gasteiger partial charge in [0.2, 0.25) is 0 Å². The number of carbonyl (C=O) groups excluding carboxylic acids is 1. The Labute approximate surface area is 104 Å². The first-order chi connectivity index (χ1) is 6.95. The van der Waals surface area contributed by atoms with Crippen LogP contribution in [0.15, 0.2) is 24.3 Å². The first-order valence-electron chi connectivity index (χ1n) is 4.84. The average molecular weight is 290 g/mol. The Morgan fingerprint density at radius 2 is 1.87 bits per heavy atom. The summed E-state index contributed by atoms with van der Waals surface area (Å²) in [6.45, 7) is 3.70. The predicted molar refractivity (Wildman–Crippen MR) is 68.2 cm³/mol. The van der Waals surface area contributed by atoms with Crippen LogP contribution in [0.4, 0.5) is 0 Å². The third-order valence-electron chi connectivity index (χ3n) is 2.14. The highest BCUT2D eigenvalue weighted by molar-refractivity contribution is 9.10. The molecule has 0 fully saturated rings. The molecule has 0 unspecified atom stereocenters. The van der Waals surface area contributed by atoms with Crippen LogP contribution in [0.1, 0.15) is 29.8 Å². The number of hydrogen-bond acceptors (Lipinski definition) is 1. The summed E-state index contributed by atoms with van der Waals surface area (Å²) in [6, 6.07) is 7.61. The maximum Gasteiger partial charge on any atom is 0.178 e. The molecule has 0 heterocycles. The molecule has 0 spiro atoms. The Hall–Kier alpha value is -0.340. The number of Topliss-reactive ketones (excluding diaryl/α,β-unsaturated/α-hetero) is 1. The molecular formula is C12H14BrClO. The highest BCUT2D eigenvalue weighted by Gasteiger charge is 2.24. The quantitative estimate of drug-likeness (QED) is 0.608. The molecular weight excluding hydrogens is 275 g/mol. The van der Waals surface area contributed by atoms with Gasteiger partial charge in [-0.05, 0) is 25.8 Å². The Kier molecular flexibility index (Phi) is 4.35. The van der Waals surface area contributed by atoms with Crippen LogP contribution in [0.25, 0.3) is 0 Å². The lowest BCUT2D eigenvalue weighted by Gasteiger charge is -2.14. The van der Waals surface area contributed by atoms with Gasteiger partial charge in [0.15, 0.2) is 5.78 Å². The van der Waals surface area contributed by atoms with Crippen LogP contribution in [0, 0.1) is 0 Å². The molecule has 15 heavy (non-hydrogen) atoms. The van der Waals surface area contributed by atoms with Gasteiger partial charge in [0.25, 0.3) is 0 Å². The van der Waals surface area contributed by atoms with Crippen molar-refractivity contribution in [2.24, 2.45) is 0 Å². The Balaban J connectivity index is 2.85. The fourth-order valence-corrected chi connectivity index (χ4v) is 1.72. The molecule has 0 bridgehead atoms. The van der Waals surface area contributed by atoms with Gasteiger partial charge in [-0.15, -0.1) is 11.6 Å². The molecule has 1 aromatic carbocycles. The second-order valence-corrected chi connectivity index (χ2v) is 6.30. The number of hydrogen-bond donors (Lipinski definition) is 0. The number of alkyl halides is 2. The van der Waals surface area contributed by atoms with Crippen LogP contribution in [-0.4, -0.2) is 16.0 Å². The molecule has 0 aliphatic carbocycles. The Morgan fingerprint density at radius 1 is 1.33 bits per heavy atom. The zero-order chi connectivity index (χ0) is 11.5. The van der Waals surface area contributed by atoms with Crippen LogP contribution >= 0.6 is 27.5 Å². The minimum absolute atomic E-state index is 0.0972. The number of aryl methyl sites for hydroxylation is 1. The number of ketones is 1. The predicted octanol–water partition coefficient (Wildman–Crippen LogP) is 3.82. The summed E-state index contributed by atoms with van der Waals surface area (Å²) in [7, 11) is 0. The largest absolute Gasteiger partial charge is 0.293 e. The van der Waals surface area contributed by atoms with E-state index >= 15 is 0 Å². The molecule has 82 valence electrons. The van der Waals surface area contributed by atoms with Crippen molar-refractivity contribution in [3.63, 3.8) is 0 Å². The van der Waals surface area contributed by atoms with E-state index in [0.717, 1.165) is 17.5 Å². The number of rotatable bonds is 4. The van der Waals surface area contributed by atoms with Crippen molar-refractivity contribution in [3.05, 3.63) is 35.4 Å². The summed E-state index contributed by atoms with van der Waals surface area (Å²) in [5.41, 5.74) is 1.89. The summed E-state index contributed by atoms with van der Waals surface area (Å²) >= 11 is 9.00. The summed E-state index contributed by atoms with van der Waals surface area (Å²) in [5.74, 6) is 0.706. The second kappa shape index (κ2) is 5.13. The molecule has 3 heteroatoms. The van der Waals surface area contributed by atoms with Gasteiger partial charge in [0.1, 0.15) is 0 Å². The maximum atomic E-state index is 11.9.